The Morgan fingerprint density at radius 3 is 1.60 bits per heavy atom. The number of ether oxygens (including phenoxy) is 4. The highest BCUT2D eigenvalue weighted by atomic mass is 32.2. The van der Waals surface area contributed by atoms with Crippen molar-refractivity contribution >= 4 is 30.4 Å². The molecule has 68 heavy (non-hydrogen) atoms. The second kappa shape index (κ2) is 22.3. The predicted molar refractivity (Wildman–Crippen MR) is 261 cm³/mol. The second-order valence-corrected chi connectivity index (χ2v) is 25.3. The van der Waals surface area contributed by atoms with Gasteiger partial charge < -0.3 is 18.9 Å². The van der Waals surface area contributed by atoms with Crippen LogP contribution in [0.2, 0.25) is 0 Å². The number of benzene rings is 3. The number of rotatable bonds is 24. The van der Waals surface area contributed by atoms with E-state index in [1.165, 1.54) is 0 Å². The van der Waals surface area contributed by atoms with E-state index < -0.39 is 36.0 Å². The molecule has 0 heterocycles. The molecule has 4 aliphatic rings. The third kappa shape index (κ3) is 12.5. The Kier molecular flexibility index (Phi) is 17.4. The molecule has 0 saturated heterocycles. The smallest absolute Gasteiger partial charge is 0.264 e. The van der Waals surface area contributed by atoms with Gasteiger partial charge in [-0.1, -0.05) is 112 Å². The predicted octanol–water partition coefficient (Wildman–Crippen LogP) is 8.37. The molecule has 0 spiro atoms. The maximum Gasteiger partial charge on any atom is 0.264 e. The van der Waals surface area contributed by atoms with E-state index in [9.17, 15) is 25.3 Å². The van der Waals surface area contributed by atoms with Gasteiger partial charge in [0.15, 0.2) is 0 Å². The van der Waals surface area contributed by atoms with Crippen molar-refractivity contribution in [2.24, 2.45) is 46.3 Å². The average Bonchev–Trinajstić information content (AvgIpc) is 3.66. The standard InChI is InChI=1S/C52H74O13S3/c1-38(17-16-28-62-52(39-18-10-7-11-19-39,40-20-12-8-13-21-40)41-22-14-9-15-23-41)44-24-25-45-49-46(37-48(51(44,45)3)61-31-34-65-68(6,57)58)50(2)27-26-43(59-29-32-63-66(4,53)54)35-42(50)36-47(49)60-30-33-64-67(5,55)56/h7-15,18-23,38,42-49H,16-17,24-37H2,1-6H3/t38-,42?,43-,44-,45+,46+,47-,48+,49?,50+,51-/m1/s1. The first kappa shape index (κ1) is 53.0. The monoisotopic (exact) mass is 1000 g/mol. The molecule has 4 fully saturated rings. The molecule has 13 nitrogen and oxygen atoms in total. The Bertz CT molecular complexity index is 2310. The summed E-state index contributed by atoms with van der Waals surface area (Å²) in [7, 11) is -10.9. The van der Waals surface area contributed by atoms with Crippen LogP contribution in [0.1, 0.15) is 95.2 Å². The summed E-state index contributed by atoms with van der Waals surface area (Å²) in [6.07, 6.45) is 10.5. The van der Waals surface area contributed by atoms with Gasteiger partial charge in [0.1, 0.15) is 5.60 Å². The van der Waals surface area contributed by atoms with Gasteiger partial charge in [-0.25, -0.2) is 0 Å². The molecule has 0 amide bonds. The maximum atomic E-state index is 12.1. The van der Waals surface area contributed by atoms with E-state index in [4.69, 9.17) is 31.5 Å². The van der Waals surface area contributed by atoms with Crippen LogP contribution in [-0.4, -0.2) is 109 Å². The van der Waals surface area contributed by atoms with Crippen molar-refractivity contribution in [3.8, 4) is 0 Å². The van der Waals surface area contributed by atoms with Crippen LogP contribution in [0, 0.1) is 46.3 Å². The Balaban J connectivity index is 1.14. The van der Waals surface area contributed by atoms with Gasteiger partial charge in [0, 0.05) is 12.0 Å². The molecule has 3 aromatic rings. The summed E-state index contributed by atoms with van der Waals surface area (Å²) in [4.78, 5) is 0. The third-order valence-corrected chi connectivity index (χ3v) is 18.0. The van der Waals surface area contributed by atoms with Crippen LogP contribution >= 0.6 is 0 Å². The quantitative estimate of drug-likeness (QED) is 0.0478. The Hall–Kier alpha value is -2.77. The first-order valence-corrected chi connectivity index (χ1v) is 29.9. The molecule has 0 radical (unpaired) electrons. The van der Waals surface area contributed by atoms with Gasteiger partial charge >= 0.3 is 0 Å². The SMILES string of the molecule is C[C@H](CCCOC(c1ccccc1)(c1ccccc1)c1ccccc1)[C@H]1CC[C@H]2C3[C@H](OCCOS(C)(=O)=O)CC4C[C@H](OCCOS(C)(=O)=O)CC[C@]4(C)[C@H]3C[C@H](OCCOS(C)(=O)=O)[C@]12C. The van der Waals surface area contributed by atoms with E-state index in [1.54, 1.807) is 0 Å². The van der Waals surface area contributed by atoms with Crippen LogP contribution in [0.3, 0.4) is 0 Å². The molecule has 16 heteroatoms. The molecule has 0 N–H and O–H groups in total. The van der Waals surface area contributed by atoms with Crippen molar-refractivity contribution in [3.63, 3.8) is 0 Å². The molecule has 0 bridgehead atoms. The second-order valence-electron chi connectivity index (χ2n) is 20.4. The molecule has 0 aromatic heterocycles. The summed E-state index contributed by atoms with van der Waals surface area (Å²) in [6, 6.07) is 31.3. The van der Waals surface area contributed by atoms with E-state index in [2.05, 4.69) is 93.6 Å². The molecule has 0 aliphatic heterocycles. The van der Waals surface area contributed by atoms with Crippen LogP contribution in [0.4, 0.5) is 0 Å². The zero-order chi connectivity index (χ0) is 48.8. The lowest BCUT2D eigenvalue weighted by atomic mass is 9.43. The van der Waals surface area contributed by atoms with Gasteiger partial charge in [-0.15, -0.1) is 0 Å². The fraction of sp³-hybridized carbons (Fsp3) is 0.654. The van der Waals surface area contributed by atoms with Crippen molar-refractivity contribution in [1.82, 2.24) is 0 Å². The van der Waals surface area contributed by atoms with Gasteiger partial charge in [0.2, 0.25) is 0 Å². The molecule has 11 atom stereocenters. The molecule has 3 aromatic carbocycles. The van der Waals surface area contributed by atoms with Crippen LogP contribution in [-0.2, 0) is 67.5 Å². The topological polar surface area (TPSA) is 167 Å². The summed E-state index contributed by atoms with van der Waals surface area (Å²) < 4.78 is 114. The zero-order valence-corrected chi connectivity index (χ0v) is 43.2. The van der Waals surface area contributed by atoms with Gasteiger partial charge in [-0.3, -0.25) is 12.5 Å². The van der Waals surface area contributed by atoms with E-state index in [0.717, 1.165) is 93.2 Å². The van der Waals surface area contributed by atoms with E-state index in [-0.39, 0.29) is 98.4 Å². The summed E-state index contributed by atoms with van der Waals surface area (Å²) >= 11 is 0. The highest BCUT2D eigenvalue weighted by molar-refractivity contribution is 7.86. The minimum Gasteiger partial charge on any atom is -0.376 e. The van der Waals surface area contributed by atoms with Gasteiger partial charge in [-0.2, -0.15) is 25.3 Å². The molecular weight excluding hydrogens is 929 g/mol. The van der Waals surface area contributed by atoms with Crippen molar-refractivity contribution in [3.05, 3.63) is 108 Å². The first-order chi connectivity index (χ1) is 32.2. The van der Waals surface area contributed by atoms with E-state index in [0.29, 0.717) is 12.5 Å². The van der Waals surface area contributed by atoms with Gasteiger partial charge in [-0.05, 0) is 115 Å². The molecule has 2 unspecified atom stereocenters. The molecular formula is C52H74O13S3. The van der Waals surface area contributed by atoms with Crippen LogP contribution in [0.15, 0.2) is 91.0 Å². The molecule has 7 rings (SSSR count). The van der Waals surface area contributed by atoms with Crippen molar-refractivity contribution < 1.29 is 56.8 Å². The fourth-order valence-electron chi connectivity index (χ4n) is 13.4. The number of fused-ring (bicyclic) bond motifs is 5. The van der Waals surface area contributed by atoms with Crippen LogP contribution in [0.25, 0.3) is 0 Å². The third-order valence-electron chi connectivity index (χ3n) is 16.3. The largest absolute Gasteiger partial charge is 0.376 e. The highest BCUT2D eigenvalue weighted by Crippen LogP contribution is 2.69. The van der Waals surface area contributed by atoms with Crippen molar-refractivity contribution in [2.45, 2.75) is 102 Å². The minimum atomic E-state index is -3.66. The van der Waals surface area contributed by atoms with Crippen molar-refractivity contribution in [2.75, 3.05) is 65.0 Å². The summed E-state index contributed by atoms with van der Waals surface area (Å²) in [5.41, 5.74) is 2.01. The summed E-state index contributed by atoms with van der Waals surface area (Å²) in [5, 5.41) is 0. The average molecular weight is 1000 g/mol. The van der Waals surface area contributed by atoms with Crippen LogP contribution < -0.4 is 0 Å². The summed E-state index contributed by atoms with van der Waals surface area (Å²) in [6.45, 7) is 7.96. The molecule has 378 valence electrons. The zero-order valence-electron chi connectivity index (χ0n) is 40.7. The lowest BCUT2D eigenvalue weighted by Gasteiger charge is -2.64. The Morgan fingerprint density at radius 2 is 1.09 bits per heavy atom. The lowest BCUT2D eigenvalue weighted by molar-refractivity contribution is -0.229. The van der Waals surface area contributed by atoms with E-state index in [1.807, 2.05) is 18.2 Å². The van der Waals surface area contributed by atoms with Crippen LogP contribution in [0.5, 0.6) is 0 Å². The molecule has 4 saturated carbocycles. The number of hydrogen-bond donors (Lipinski definition) is 0. The minimum absolute atomic E-state index is 0.0428. The lowest BCUT2D eigenvalue weighted by Crippen LogP contribution is -2.63. The normalized spacial score (nSPS) is 30.3. The van der Waals surface area contributed by atoms with E-state index >= 15 is 0 Å². The molecule has 4 aliphatic carbocycles. The Morgan fingerprint density at radius 1 is 0.588 bits per heavy atom. The van der Waals surface area contributed by atoms with Crippen molar-refractivity contribution in [1.29, 1.82) is 0 Å². The fourth-order valence-corrected chi connectivity index (χ4v) is 14.5. The Labute approximate surface area is 406 Å². The van der Waals surface area contributed by atoms with Gasteiger partial charge in [0.05, 0.1) is 76.7 Å². The van der Waals surface area contributed by atoms with Gasteiger partial charge in [0.25, 0.3) is 30.4 Å². The summed E-state index contributed by atoms with van der Waals surface area (Å²) in [5.74, 6) is 1.37. The first-order valence-electron chi connectivity index (χ1n) is 24.4. The number of hydrogen-bond acceptors (Lipinski definition) is 13. The maximum absolute atomic E-state index is 12.1. The highest BCUT2D eigenvalue weighted by Gasteiger charge is 2.66.